The molecule has 1 aliphatic rings. The average molecular weight is 478 g/mol. The van der Waals surface area contributed by atoms with Gasteiger partial charge < -0.3 is 34.8 Å². The van der Waals surface area contributed by atoms with E-state index in [9.17, 15) is 20.4 Å². The number of nitrogens with zero attached hydrogens (tertiary/aromatic N) is 3. The van der Waals surface area contributed by atoms with Crippen molar-refractivity contribution in [1.82, 2.24) is 9.78 Å². The van der Waals surface area contributed by atoms with Crippen molar-refractivity contribution in [1.29, 1.82) is 0 Å². The standard InChI is InChI=1S/C25H39N3O6/c1-3-28-15-19(18(2)26-28)14-27-16-22(30)24(32)25(23(31)17-29)34-12-7-5-4-6-11-33-21-10-8-9-20(27)13-21/h8-10,13,15,22-25,29-32H,3-7,11-12,14,16-17H2,1-2H3/t22-,23-,24-,25-/m1/s1. The lowest BCUT2D eigenvalue weighted by atomic mass is 10.0. The fourth-order valence-corrected chi connectivity index (χ4v) is 4.17. The van der Waals surface area contributed by atoms with Crippen molar-refractivity contribution in [2.24, 2.45) is 0 Å². The molecule has 4 N–H and O–H groups in total. The van der Waals surface area contributed by atoms with Gasteiger partial charge in [-0.05, 0) is 45.2 Å². The van der Waals surface area contributed by atoms with Crippen molar-refractivity contribution in [3.63, 3.8) is 0 Å². The van der Waals surface area contributed by atoms with Crippen molar-refractivity contribution in [2.45, 2.75) is 77.0 Å². The molecular formula is C25H39N3O6. The Morgan fingerprint density at radius 2 is 1.91 bits per heavy atom. The third-order valence-electron chi connectivity index (χ3n) is 6.24. The first-order valence-electron chi connectivity index (χ1n) is 12.2. The maximum atomic E-state index is 11.0. The topological polar surface area (TPSA) is 120 Å². The van der Waals surface area contributed by atoms with Crippen molar-refractivity contribution in [3.8, 4) is 5.75 Å². The molecule has 2 heterocycles. The molecule has 9 nitrogen and oxygen atoms in total. The number of β-amino-alcohol motifs (C(OH)–C–C–N with tert-alkyl or cyclic N) is 1. The lowest BCUT2D eigenvalue weighted by Crippen LogP contribution is -2.51. The van der Waals surface area contributed by atoms with E-state index in [-0.39, 0.29) is 6.54 Å². The van der Waals surface area contributed by atoms with E-state index in [2.05, 4.69) is 5.10 Å². The minimum atomic E-state index is -1.38. The Labute approximate surface area is 201 Å². The zero-order valence-corrected chi connectivity index (χ0v) is 20.2. The van der Waals surface area contributed by atoms with Crippen LogP contribution < -0.4 is 9.64 Å². The SMILES string of the molecule is CCn1cc(CN2C[C@@H](O)[C@@H](O)[C@@H]([C@H](O)CO)OCCCCCCOc3cccc2c3)c(C)n1. The normalized spacial score (nSPS) is 23.9. The molecule has 0 aliphatic carbocycles. The highest BCUT2D eigenvalue weighted by molar-refractivity contribution is 5.51. The molecule has 0 saturated carbocycles. The van der Waals surface area contributed by atoms with Crippen LogP contribution in [0.25, 0.3) is 0 Å². The van der Waals surface area contributed by atoms with E-state index in [0.29, 0.717) is 19.8 Å². The van der Waals surface area contributed by atoms with Gasteiger partial charge in [0.15, 0.2) is 0 Å². The van der Waals surface area contributed by atoms with Gasteiger partial charge in [-0.25, -0.2) is 0 Å². The van der Waals surface area contributed by atoms with Crippen LogP contribution in [0.5, 0.6) is 5.75 Å². The van der Waals surface area contributed by atoms with Crippen molar-refractivity contribution >= 4 is 5.69 Å². The molecule has 2 bridgehead atoms. The van der Waals surface area contributed by atoms with Gasteiger partial charge in [0.05, 0.1) is 25.0 Å². The molecule has 0 fully saturated rings. The molecule has 1 aromatic heterocycles. The van der Waals surface area contributed by atoms with Crippen LogP contribution in [0.15, 0.2) is 30.5 Å². The van der Waals surface area contributed by atoms with Crippen LogP contribution in [0.4, 0.5) is 5.69 Å². The molecule has 0 radical (unpaired) electrons. The number of aryl methyl sites for hydroxylation is 2. The van der Waals surface area contributed by atoms with E-state index >= 15 is 0 Å². The van der Waals surface area contributed by atoms with Gasteiger partial charge >= 0.3 is 0 Å². The number of hydrogen-bond acceptors (Lipinski definition) is 8. The summed E-state index contributed by atoms with van der Waals surface area (Å²) < 4.78 is 13.6. The summed E-state index contributed by atoms with van der Waals surface area (Å²) in [5, 5.41) is 46.1. The van der Waals surface area contributed by atoms with Gasteiger partial charge in [0.25, 0.3) is 0 Å². The Morgan fingerprint density at radius 1 is 1.15 bits per heavy atom. The Balaban J connectivity index is 1.90. The summed E-state index contributed by atoms with van der Waals surface area (Å²) in [6, 6.07) is 7.69. The third kappa shape index (κ3) is 7.16. The van der Waals surface area contributed by atoms with Gasteiger partial charge in [0.2, 0.25) is 0 Å². The molecule has 0 amide bonds. The maximum Gasteiger partial charge on any atom is 0.121 e. The second kappa shape index (κ2) is 13.1. The fraction of sp³-hybridized carbons (Fsp3) is 0.640. The molecule has 1 aromatic carbocycles. The summed E-state index contributed by atoms with van der Waals surface area (Å²) in [6.07, 6.45) is 0.539. The molecule has 1 aliphatic heterocycles. The maximum absolute atomic E-state index is 11.0. The molecule has 3 rings (SSSR count). The highest BCUT2D eigenvalue weighted by Crippen LogP contribution is 2.25. The smallest absolute Gasteiger partial charge is 0.121 e. The zero-order valence-electron chi connectivity index (χ0n) is 20.2. The first-order chi connectivity index (χ1) is 16.4. The highest BCUT2D eigenvalue weighted by atomic mass is 16.5. The highest BCUT2D eigenvalue weighted by Gasteiger charge is 2.34. The van der Waals surface area contributed by atoms with Crippen LogP contribution in [-0.4, -0.2) is 81.0 Å². The van der Waals surface area contributed by atoms with Gasteiger partial charge in [0, 0.05) is 49.8 Å². The van der Waals surface area contributed by atoms with Crippen LogP contribution in [-0.2, 0) is 17.8 Å². The summed E-state index contributed by atoms with van der Waals surface area (Å²) in [5.41, 5.74) is 2.74. The fourth-order valence-electron chi connectivity index (χ4n) is 4.17. The minimum absolute atomic E-state index is 0.0827. The van der Waals surface area contributed by atoms with Crippen molar-refractivity contribution in [2.75, 3.05) is 31.3 Å². The number of benzene rings is 1. The van der Waals surface area contributed by atoms with Crippen LogP contribution in [0.1, 0.15) is 43.9 Å². The first-order valence-corrected chi connectivity index (χ1v) is 12.2. The number of hydrogen-bond donors (Lipinski definition) is 4. The summed E-state index contributed by atoms with van der Waals surface area (Å²) in [5.74, 6) is 0.752. The minimum Gasteiger partial charge on any atom is -0.494 e. The van der Waals surface area contributed by atoms with E-state index in [1.807, 2.05) is 53.9 Å². The second-order valence-electron chi connectivity index (χ2n) is 8.88. The number of fused-ring (bicyclic) bond motifs is 2. The predicted molar refractivity (Wildman–Crippen MR) is 129 cm³/mol. The van der Waals surface area contributed by atoms with E-state index in [0.717, 1.165) is 54.9 Å². The van der Waals surface area contributed by atoms with Gasteiger partial charge in [-0.1, -0.05) is 12.5 Å². The Kier molecular flexibility index (Phi) is 10.2. The van der Waals surface area contributed by atoms with E-state index in [1.165, 1.54) is 0 Å². The lowest BCUT2D eigenvalue weighted by Gasteiger charge is -2.34. The Morgan fingerprint density at radius 3 is 2.62 bits per heavy atom. The van der Waals surface area contributed by atoms with Crippen LogP contribution in [0.2, 0.25) is 0 Å². The van der Waals surface area contributed by atoms with Gasteiger partial charge in [0.1, 0.15) is 24.1 Å². The molecular weight excluding hydrogens is 438 g/mol. The van der Waals surface area contributed by atoms with E-state index < -0.39 is 31.0 Å². The van der Waals surface area contributed by atoms with Gasteiger partial charge in [-0.3, -0.25) is 4.68 Å². The molecule has 4 atom stereocenters. The predicted octanol–water partition coefficient (Wildman–Crippen LogP) is 1.63. The molecule has 0 unspecified atom stereocenters. The Hall–Kier alpha value is -2.17. The molecule has 0 spiro atoms. The first kappa shape index (κ1) is 26.4. The number of anilines is 1. The number of aliphatic hydroxyl groups excluding tert-OH is 4. The van der Waals surface area contributed by atoms with Crippen LogP contribution >= 0.6 is 0 Å². The molecule has 2 aromatic rings. The molecule has 9 heteroatoms. The van der Waals surface area contributed by atoms with Crippen LogP contribution in [0.3, 0.4) is 0 Å². The number of rotatable bonds is 5. The van der Waals surface area contributed by atoms with Crippen LogP contribution in [0, 0.1) is 6.92 Å². The largest absolute Gasteiger partial charge is 0.494 e. The Bertz CT molecular complexity index is 876. The summed E-state index contributed by atoms with van der Waals surface area (Å²) in [4.78, 5) is 1.96. The van der Waals surface area contributed by atoms with Crippen molar-refractivity contribution < 1.29 is 29.9 Å². The number of aromatic nitrogens is 2. The van der Waals surface area contributed by atoms with Gasteiger partial charge in [-0.15, -0.1) is 0 Å². The summed E-state index contributed by atoms with van der Waals surface area (Å²) in [7, 11) is 0. The van der Waals surface area contributed by atoms with E-state index in [1.54, 1.807) is 0 Å². The molecule has 34 heavy (non-hydrogen) atoms. The average Bonchev–Trinajstić information content (AvgIpc) is 3.20. The van der Waals surface area contributed by atoms with Crippen molar-refractivity contribution in [3.05, 3.63) is 41.7 Å². The third-order valence-corrected chi connectivity index (χ3v) is 6.24. The quantitative estimate of drug-likeness (QED) is 0.513. The summed E-state index contributed by atoms with van der Waals surface area (Å²) >= 11 is 0. The zero-order chi connectivity index (χ0) is 24.5. The van der Waals surface area contributed by atoms with Gasteiger partial charge in [-0.2, -0.15) is 5.10 Å². The number of ether oxygens (including phenoxy) is 2. The van der Waals surface area contributed by atoms with E-state index in [4.69, 9.17) is 9.47 Å². The second-order valence-corrected chi connectivity index (χ2v) is 8.88. The monoisotopic (exact) mass is 477 g/mol. The molecule has 0 saturated heterocycles. The lowest BCUT2D eigenvalue weighted by molar-refractivity contribution is -0.141. The number of aliphatic hydroxyl groups is 4. The summed E-state index contributed by atoms with van der Waals surface area (Å²) in [6.45, 7) is 5.65. The molecule has 190 valence electrons.